The molecule has 2 heterocycles. The Bertz CT molecular complexity index is 1450. The fraction of sp³-hybridized carbons (Fsp3) is 0.0800. The first-order chi connectivity index (χ1) is 16.1. The Morgan fingerprint density at radius 2 is 1.79 bits per heavy atom. The molecule has 5 aromatic rings. The van der Waals surface area contributed by atoms with Crippen molar-refractivity contribution in [2.24, 2.45) is 0 Å². The highest BCUT2D eigenvalue weighted by Crippen LogP contribution is 2.33. The Labute approximate surface area is 189 Å². The van der Waals surface area contributed by atoms with Gasteiger partial charge in [-0.25, -0.2) is 9.78 Å². The number of carbonyl (C=O) groups excluding carboxylic acids is 1. The van der Waals surface area contributed by atoms with Crippen molar-refractivity contribution in [1.29, 1.82) is 0 Å². The number of aromatic amines is 1. The number of methoxy groups -OCH3 is 1. The molecule has 0 aliphatic carbocycles. The van der Waals surface area contributed by atoms with Crippen LogP contribution in [0.25, 0.3) is 33.8 Å². The summed E-state index contributed by atoms with van der Waals surface area (Å²) in [6, 6.07) is 20.1. The van der Waals surface area contributed by atoms with Crippen molar-refractivity contribution in [1.82, 2.24) is 15.2 Å². The predicted octanol–water partition coefficient (Wildman–Crippen LogP) is 5.85. The monoisotopic (exact) mass is 439 g/mol. The summed E-state index contributed by atoms with van der Waals surface area (Å²) in [4.78, 5) is 17.1. The first kappa shape index (κ1) is 20.3. The van der Waals surface area contributed by atoms with E-state index in [1.165, 1.54) is 0 Å². The number of oxazole rings is 1. The first-order valence-corrected chi connectivity index (χ1v) is 10.3. The van der Waals surface area contributed by atoms with E-state index in [0.717, 1.165) is 27.8 Å². The van der Waals surface area contributed by atoms with Crippen LogP contribution in [0.3, 0.4) is 0 Å². The van der Waals surface area contributed by atoms with E-state index >= 15 is 0 Å². The van der Waals surface area contributed by atoms with Gasteiger partial charge < -0.3 is 19.8 Å². The summed E-state index contributed by atoms with van der Waals surface area (Å²) < 4.78 is 11.2. The van der Waals surface area contributed by atoms with Crippen molar-refractivity contribution in [3.05, 3.63) is 78.5 Å². The zero-order valence-corrected chi connectivity index (χ0v) is 18.0. The van der Waals surface area contributed by atoms with Crippen molar-refractivity contribution < 1.29 is 13.9 Å². The minimum atomic E-state index is -0.364. The molecule has 2 amide bonds. The number of carbonyl (C=O) groups is 1. The number of nitrogens with one attached hydrogen (secondary N) is 3. The van der Waals surface area contributed by atoms with E-state index in [0.29, 0.717) is 28.7 Å². The van der Waals surface area contributed by atoms with Gasteiger partial charge in [0.25, 0.3) is 0 Å². The molecule has 33 heavy (non-hydrogen) atoms. The van der Waals surface area contributed by atoms with E-state index in [9.17, 15) is 4.79 Å². The molecular weight excluding hydrogens is 418 g/mol. The molecule has 0 aliphatic rings. The van der Waals surface area contributed by atoms with Crippen LogP contribution in [0.1, 0.15) is 5.56 Å². The molecule has 0 saturated heterocycles. The maximum atomic E-state index is 12.5. The van der Waals surface area contributed by atoms with E-state index in [1.54, 1.807) is 25.4 Å². The van der Waals surface area contributed by atoms with Gasteiger partial charge in [-0.2, -0.15) is 5.10 Å². The van der Waals surface area contributed by atoms with Crippen molar-refractivity contribution in [3.63, 3.8) is 0 Å². The van der Waals surface area contributed by atoms with Crippen molar-refractivity contribution >= 4 is 28.5 Å². The highest BCUT2D eigenvalue weighted by molar-refractivity contribution is 6.00. The van der Waals surface area contributed by atoms with Crippen LogP contribution in [0.5, 0.6) is 5.75 Å². The van der Waals surface area contributed by atoms with Gasteiger partial charge in [0.05, 0.1) is 12.7 Å². The van der Waals surface area contributed by atoms with Crippen LogP contribution in [-0.2, 0) is 0 Å². The molecule has 0 spiro atoms. The standard InChI is InChI=1S/C25H21N5O3/c1-15-9-10-21-22(11-15)33-24(29-21)20-14-26-30-23(20)16-5-3-6-17(12-16)27-25(31)28-18-7-4-8-19(13-18)32-2/h3-14H,1-2H3,(H,26,30)(H2,27,28,31). The summed E-state index contributed by atoms with van der Waals surface area (Å²) in [5, 5.41) is 12.9. The Hall–Kier alpha value is -4.59. The van der Waals surface area contributed by atoms with Crippen LogP contribution in [0, 0.1) is 6.92 Å². The Morgan fingerprint density at radius 1 is 1.00 bits per heavy atom. The molecule has 0 atom stereocenters. The van der Waals surface area contributed by atoms with E-state index < -0.39 is 0 Å². The molecule has 8 heteroatoms. The number of fused-ring (bicyclic) bond motifs is 1. The predicted molar refractivity (Wildman–Crippen MR) is 127 cm³/mol. The Morgan fingerprint density at radius 3 is 2.61 bits per heavy atom. The molecule has 0 unspecified atom stereocenters. The van der Waals surface area contributed by atoms with Gasteiger partial charge >= 0.3 is 6.03 Å². The maximum absolute atomic E-state index is 12.5. The molecule has 2 aromatic heterocycles. The van der Waals surface area contributed by atoms with Crippen LogP contribution in [0.4, 0.5) is 16.2 Å². The number of rotatable bonds is 5. The summed E-state index contributed by atoms with van der Waals surface area (Å²) in [5.74, 6) is 1.14. The Balaban J connectivity index is 1.38. The number of benzene rings is 3. The molecular formula is C25H21N5O3. The number of amides is 2. The molecule has 164 valence electrons. The van der Waals surface area contributed by atoms with Crippen LogP contribution >= 0.6 is 0 Å². The lowest BCUT2D eigenvalue weighted by atomic mass is 10.1. The van der Waals surface area contributed by atoms with Gasteiger partial charge in [0.2, 0.25) is 5.89 Å². The average molecular weight is 439 g/mol. The van der Waals surface area contributed by atoms with Crippen LogP contribution < -0.4 is 15.4 Å². The molecule has 3 aromatic carbocycles. The number of hydrogen-bond donors (Lipinski definition) is 3. The molecule has 8 nitrogen and oxygen atoms in total. The lowest BCUT2D eigenvalue weighted by molar-refractivity contribution is 0.262. The second-order valence-electron chi connectivity index (χ2n) is 7.53. The third kappa shape index (κ3) is 4.27. The SMILES string of the molecule is COc1cccc(NC(=O)Nc2cccc(-c3n[nH]cc3-c3nc4ccc(C)cc4o3)c2)c1. The molecule has 3 N–H and O–H groups in total. The van der Waals surface area contributed by atoms with Gasteiger partial charge in [0, 0.05) is 29.2 Å². The van der Waals surface area contributed by atoms with Crippen LogP contribution in [0.2, 0.25) is 0 Å². The highest BCUT2D eigenvalue weighted by Gasteiger charge is 2.17. The van der Waals surface area contributed by atoms with Crippen LogP contribution in [-0.4, -0.2) is 28.3 Å². The molecule has 0 aliphatic heterocycles. The summed E-state index contributed by atoms with van der Waals surface area (Å²) >= 11 is 0. The third-order valence-corrected chi connectivity index (χ3v) is 5.14. The van der Waals surface area contributed by atoms with E-state index in [1.807, 2.05) is 61.5 Å². The average Bonchev–Trinajstić information content (AvgIpc) is 3.46. The van der Waals surface area contributed by atoms with Crippen molar-refractivity contribution in [2.45, 2.75) is 6.92 Å². The molecule has 0 saturated carbocycles. The fourth-order valence-electron chi connectivity index (χ4n) is 3.56. The van der Waals surface area contributed by atoms with Crippen molar-refractivity contribution in [2.75, 3.05) is 17.7 Å². The zero-order valence-electron chi connectivity index (χ0n) is 18.0. The van der Waals surface area contributed by atoms with Gasteiger partial charge in [-0.3, -0.25) is 5.10 Å². The van der Waals surface area contributed by atoms with E-state index in [4.69, 9.17) is 9.15 Å². The number of H-pyrrole nitrogens is 1. The van der Waals surface area contributed by atoms with E-state index in [2.05, 4.69) is 25.8 Å². The van der Waals surface area contributed by atoms with E-state index in [-0.39, 0.29) is 6.03 Å². The molecule has 0 radical (unpaired) electrons. The topological polar surface area (TPSA) is 105 Å². The number of aromatic nitrogens is 3. The smallest absolute Gasteiger partial charge is 0.323 e. The third-order valence-electron chi connectivity index (χ3n) is 5.14. The first-order valence-electron chi connectivity index (χ1n) is 10.3. The largest absolute Gasteiger partial charge is 0.497 e. The summed E-state index contributed by atoms with van der Waals surface area (Å²) in [6.45, 7) is 2.01. The summed E-state index contributed by atoms with van der Waals surface area (Å²) in [7, 11) is 1.58. The summed E-state index contributed by atoms with van der Waals surface area (Å²) in [6.07, 6.45) is 1.75. The van der Waals surface area contributed by atoms with Gasteiger partial charge in [0.15, 0.2) is 5.58 Å². The second kappa shape index (κ2) is 8.51. The second-order valence-corrected chi connectivity index (χ2v) is 7.53. The normalized spacial score (nSPS) is 10.8. The van der Waals surface area contributed by atoms with Crippen LogP contribution in [0.15, 0.2) is 77.3 Å². The number of urea groups is 1. The minimum Gasteiger partial charge on any atom is -0.497 e. The zero-order chi connectivity index (χ0) is 22.8. The van der Waals surface area contributed by atoms with Gasteiger partial charge in [0.1, 0.15) is 17.0 Å². The van der Waals surface area contributed by atoms with Gasteiger partial charge in [-0.05, 0) is 48.9 Å². The maximum Gasteiger partial charge on any atom is 0.323 e. The van der Waals surface area contributed by atoms with Crippen molar-refractivity contribution in [3.8, 4) is 28.5 Å². The fourth-order valence-corrected chi connectivity index (χ4v) is 3.56. The lowest BCUT2D eigenvalue weighted by Gasteiger charge is -2.10. The highest BCUT2D eigenvalue weighted by atomic mass is 16.5. The number of ether oxygens (including phenoxy) is 1. The number of nitrogens with zero attached hydrogens (tertiary/aromatic N) is 2. The van der Waals surface area contributed by atoms with Gasteiger partial charge in [-0.1, -0.05) is 24.3 Å². The Kier molecular flexibility index (Phi) is 5.24. The van der Waals surface area contributed by atoms with Gasteiger partial charge in [-0.15, -0.1) is 0 Å². The molecule has 5 rings (SSSR count). The minimum absolute atomic E-state index is 0.364. The molecule has 0 bridgehead atoms. The number of aryl methyl sites for hydroxylation is 1. The lowest BCUT2D eigenvalue weighted by Crippen LogP contribution is -2.19. The molecule has 0 fully saturated rings. The quantitative estimate of drug-likeness (QED) is 0.319. The summed E-state index contributed by atoms with van der Waals surface area (Å²) in [5.41, 5.74) is 6.08. The number of anilines is 2. The number of hydrogen-bond acceptors (Lipinski definition) is 5.